The number of nitrogens with zero attached hydrogens (tertiary/aromatic N) is 5. The minimum atomic E-state index is -0.896. The van der Waals surface area contributed by atoms with Gasteiger partial charge in [0.05, 0.1) is 11.3 Å². The first-order valence-corrected chi connectivity index (χ1v) is 12.0. The van der Waals surface area contributed by atoms with Crippen LogP contribution in [-0.4, -0.2) is 34.6 Å². The summed E-state index contributed by atoms with van der Waals surface area (Å²) in [6.07, 6.45) is 5.47. The van der Waals surface area contributed by atoms with Crippen molar-refractivity contribution in [1.82, 2.24) is 29.5 Å². The van der Waals surface area contributed by atoms with Crippen LogP contribution in [0.25, 0.3) is 28.1 Å². The van der Waals surface area contributed by atoms with Crippen molar-refractivity contribution in [3.63, 3.8) is 0 Å². The fourth-order valence-corrected chi connectivity index (χ4v) is 5.06. The molecule has 1 aromatic carbocycles. The van der Waals surface area contributed by atoms with E-state index >= 15 is 0 Å². The standard InChI is InChI=1S/C26H28FN7O/c1-15-23-20(9-11-26(23,2)35)31-34(15)22-13-21(28)30-25-19(10-12-29-22)24(17-5-7-18(27)8-6-17)32-33(25)14-16-3-4-16/h5-8,10,12-13,16,30,35H,3-4,9,11,14,28H2,1-2H3. The monoisotopic (exact) mass is 473 g/mol. The molecular formula is C26H28FN7O. The van der Waals surface area contributed by atoms with E-state index in [-0.39, 0.29) is 5.82 Å². The van der Waals surface area contributed by atoms with E-state index in [2.05, 4.69) is 9.97 Å². The third-order valence-corrected chi connectivity index (χ3v) is 7.02. The first-order valence-electron chi connectivity index (χ1n) is 12.0. The minimum absolute atomic E-state index is 0.290. The molecule has 4 aromatic rings. The highest BCUT2D eigenvalue weighted by Crippen LogP contribution is 2.39. The third kappa shape index (κ3) is 3.85. The number of aromatic amines is 1. The SMILES string of the molecule is Cc1c2c(nn1-c1cc(N)[nH]c3c(ccn1)c(-c1ccc(F)cc1)nn3CC1CC1)CCC2(C)O. The summed E-state index contributed by atoms with van der Waals surface area (Å²) in [6.45, 7) is 4.55. The van der Waals surface area contributed by atoms with Crippen molar-refractivity contribution in [2.75, 3.05) is 5.73 Å². The van der Waals surface area contributed by atoms with Crippen molar-refractivity contribution in [3.05, 3.63) is 65.4 Å². The zero-order valence-corrected chi connectivity index (χ0v) is 19.8. The number of halogens is 1. The van der Waals surface area contributed by atoms with Gasteiger partial charge in [0.25, 0.3) is 0 Å². The molecule has 35 heavy (non-hydrogen) atoms. The second kappa shape index (κ2) is 7.91. The van der Waals surface area contributed by atoms with Gasteiger partial charge in [0, 0.05) is 41.0 Å². The van der Waals surface area contributed by atoms with Crippen LogP contribution in [0, 0.1) is 18.7 Å². The average molecular weight is 474 g/mol. The van der Waals surface area contributed by atoms with Crippen LogP contribution in [0.5, 0.6) is 0 Å². The molecule has 0 spiro atoms. The van der Waals surface area contributed by atoms with Gasteiger partial charge in [-0.15, -0.1) is 0 Å². The number of H-pyrrole nitrogens is 1. The molecule has 0 radical (unpaired) electrons. The Morgan fingerprint density at radius 3 is 2.69 bits per heavy atom. The maximum atomic E-state index is 13.6. The minimum Gasteiger partial charge on any atom is -0.385 e. The average Bonchev–Trinajstić information content (AvgIpc) is 3.35. The van der Waals surface area contributed by atoms with Crippen molar-refractivity contribution in [2.45, 2.75) is 51.7 Å². The summed E-state index contributed by atoms with van der Waals surface area (Å²) in [4.78, 5) is 8.01. The molecule has 2 aliphatic rings. The molecule has 1 unspecified atom stereocenters. The highest BCUT2D eigenvalue weighted by Gasteiger charge is 2.37. The zero-order chi connectivity index (χ0) is 24.3. The number of hydrogen-bond donors (Lipinski definition) is 3. The molecule has 0 bridgehead atoms. The number of anilines is 1. The number of nitrogen functional groups attached to an aromatic ring is 1. The van der Waals surface area contributed by atoms with Crippen molar-refractivity contribution in [3.8, 4) is 17.1 Å². The van der Waals surface area contributed by atoms with Crippen molar-refractivity contribution >= 4 is 16.9 Å². The van der Waals surface area contributed by atoms with Crippen LogP contribution in [0.3, 0.4) is 0 Å². The van der Waals surface area contributed by atoms with Gasteiger partial charge in [-0.2, -0.15) is 10.2 Å². The summed E-state index contributed by atoms with van der Waals surface area (Å²) in [5.41, 5.74) is 10.5. The molecule has 1 fully saturated rings. The van der Waals surface area contributed by atoms with Crippen LogP contribution in [0.4, 0.5) is 10.2 Å². The van der Waals surface area contributed by atoms with E-state index in [0.29, 0.717) is 24.0 Å². The maximum absolute atomic E-state index is 13.6. The molecule has 3 aromatic heterocycles. The van der Waals surface area contributed by atoms with E-state index in [4.69, 9.17) is 15.9 Å². The van der Waals surface area contributed by atoms with Crippen LogP contribution in [0.2, 0.25) is 0 Å². The van der Waals surface area contributed by atoms with E-state index in [1.807, 2.05) is 24.6 Å². The number of aromatic nitrogens is 6. The summed E-state index contributed by atoms with van der Waals surface area (Å²) in [5, 5.41) is 21.2. The van der Waals surface area contributed by atoms with E-state index in [9.17, 15) is 9.50 Å². The van der Waals surface area contributed by atoms with Crippen LogP contribution in [0.1, 0.15) is 43.1 Å². The number of rotatable bonds is 4. The zero-order valence-electron chi connectivity index (χ0n) is 19.8. The van der Waals surface area contributed by atoms with Crippen LogP contribution >= 0.6 is 0 Å². The predicted octanol–water partition coefficient (Wildman–Crippen LogP) is 4.33. The van der Waals surface area contributed by atoms with Gasteiger partial charge in [0.1, 0.15) is 23.0 Å². The van der Waals surface area contributed by atoms with Crippen molar-refractivity contribution in [2.24, 2.45) is 5.92 Å². The lowest BCUT2D eigenvalue weighted by molar-refractivity contribution is 0.0585. The lowest BCUT2D eigenvalue weighted by atomic mass is 9.99. The highest BCUT2D eigenvalue weighted by atomic mass is 19.1. The van der Waals surface area contributed by atoms with Gasteiger partial charge in [0.2, 0.25) is 0 Å². The Kier molecular flexibility index (Phi) is 4.93. The second-order valence-electron chi connectivity index (χ2n) is 9.86. The van der Waals surface area contributed by atoms with Crippen molar-refractivity contribution < 1.29 is 9.50 Å². The van der Waals surface area contributed by atoms with Gasteiger partial charge < -0.3 is 15.8 Å². The van der Waals surface area contributed by atoms with Gasteiger partial charge in [-0.05, 0) is 75.8 Å². The molecule has 0 aliphatic heterocycles. The second-order valence-corrected chi connectivity index (χ2v) is 9.86. The number of hydrogen-bond acceptors (Lipinski definition) is 5. The lowest BCUT2D eigenvalue weighted by Gasteiger charge is -2.17. The lowest BCUT2D eigenvalue weighted by Crippen LogP contribution is -2.18. The smallest absolute Gasteiger partial charge is 0.157 e. The van der Waals surface area contributed by atoms with E-state index in [1.165, 1.54) is 25.0 Å². The van der Waals surface area contributed by atoms with E-state index in [0.717, 1.165) is 52.2 Å². The first kappa shape index (κ1) is 21.8. The number of benzene rings is 1. The summed E-state index contributed by atoms with van der Waals surface area (Å²) >= 11 is 0. The first-order chi connectivity index (χ1) is 16.8. The predicted molar refractivity (Wildman–Crippen MR) is 132 cm³/mol. The van der Waals surface area contributed by atoms with Crippen LogP contribution < -0.4 is 5.73 Å². The molecule has 2 aliphatic carbocycles. The molecule has 8 nitrogen and oxygen atoms in total. The summed E-state index contributed by atoms with van der Waals surface area (Å²) in [7, 11) is 0. The molecule has 1 saturated carbocycles. The highest BCUT2D eigenvalue weighted by molar-refractivity contribution is 5.91. The van der Waals surface area contributed by atoms with E-state index in [1.54, 1.807) is 29.1 Å². The molecular weight excluding hydrogens is 445 g/mol. The number of nitrogens with one attached hydrogen (secondary N) is 1. The molecule has 6 rings (SSSR count). The van der Waals surface area contributed by atoms with Gasteiger partial charge in [-0.25, -0.2) is 18.7 Å². The fourth-order valence-electron chi connectivity index (χ4n) is 5.06. The summed E-state index contributed by atoms with van der Waals surface area (Å²) in [6, 6.07) is 9.98. The van der Waals surface area contributed by atoms with Gasteiger partial charge in [-0.1, -0.05) is 0 Å². The Balaban J connectivity index is 1.54. The molecule has 9 heteroatoms. The normalized spacial score (nSPS) is 19.2. The number of nitrogens with two attached hydrogens (primary N) is 1. The molecule has 4 N–H and O–H groups in total. The largest absolute Gasteiger partial charge is 0.385 e. The van der Waals surface area contributed by atoms with Crippen molar-refractivity contribution in [1.29, 1.82) is 0 Å². The summed E-state index contributed by atoms with van der Waals surface area (Å²) in [5.74, 6) is 1.25. The van der Waals surface area contributed by atoms with Crippen LogP contribution in [-0.2, 0) is 18.6 Å². The Morgan fingerprint density at radius 2 is 1.97 bits per heavy atom. The Morgan fingerprint density at radius 1 is 1.20 bits per heavy atom. The molecule has 0 amide bonds. The molecule has 180 valence electrons. The van der Waals surface area contributed by atoms with Gasteiger partial charge >= 0.3 is 0 Å². The fraction of sp³-hybridized carbons (Fsp3) is 0.346. The van der Waals surface area contributed by atoms with Gasteiger partial charge in [0.15, 0.2) is 5.82 Å². The Labute approximate surface area is 201 Å². The third-order valence-electron chi connectivity index (χ3n) is 7.02. The quantitative estimate of drug-likeness (QED) is 0.409. The summed E-state index contributed by atoms with van der Waals surface area (Å²) < 4.78 is 17.3. The van der Waals surface area contributed by atoms with Crippen LogP contribution in [0.15, 0.2) is 42.6 Å². The number of aryl methyl sites for hydroxylation is 1. The Hall–Kier alpha value is -3.72. The van der Waals surface area contributed by atoms with E-state index < -0.39 is 5.60 Å². The molecule has 3 heterocycles. The number of fused-ring (bicyclic) bond motifs is 2. The van der Waals surface area contributed by atoms with Gasteiger partial charge in [-0.3, -0.25) is 0 Å². The topological polar surface area (TPSA) is 111 Å². The Bertz CT molecular complexity index is 1490. The molecule has 0 saturated heterocycles. The number of aliphatic hydroxyl groups is 1. The maximum Gasteiger partial charge on any atom is 0.157 e. The molecule has 1 atom stereocenters.